The number of hydrogen-bond donors (Lipinski definition) is 1. The summed E-state index contributed by atoms with van der Waals surface area (Å²) in [6.45, 7) is 4.69. The molecule has 0 heterocycles. The largest absolute Gasteiger partial charge is 0.337 e. The molecule has 94 valence electrons. The van der Waals surface area contributed by atoms with Gasteiger partial charge in [0.1, 0.15) is 8.96 Å². The minimum absolute atomic E-state index is 0.675. The van der Waals surface area contributed by atoms with Gasteiger partial charge >= 0.3 is 0 Å². The van der Waals surface area contributed by atoms with E-state index in [9.17, 15) is 0 Å². The van der Waals surface area contributed by atoms with Crippen molar-refractivity contribution < 1.29 is 0 Å². The third-order valence-corrected chi connectivity index (χ3v) is 9.01. The van der Waals surface area contributed by atoms with Crippen molar-refractivity contribution in [2.45, 2.75) is 88.8 Å². The molecule has 1 unspecified atom stereocenters. The minimum Gasteiger partial charge on any atom is -0.337 e. The van der Waals surface area contributed by atoms with E-state index in [1.165, 1.54) is 32.1 Å². The zero-order valence-electron chi connectivity index (χ0n) is 11.2. The highest BCUT2D eigenvalue weighted by molar-refractivity contribution is 6.59. The van der Waals surface area contributed by atoms with E-state index in [2.05, 4.69) is 18.8 Å². The SMILES string of the molecule is CC(C)N[SiH](C1CCCCC1)C1CCCC1. The first-order chi connectivity index (χ1) is 7.77. The third kappa shape index (κ3) is 3.33. The van der Waals surface area contributed by atoms with Gasteiger partial charge in [-0.1, -0.05) is 71.6 Å². The van der Waals surface area contributed by atoms with Crippen LogP contribution in [0.15, 0.2) is 0 Å². The smallest absolute Gasteiger partial charge is 0.115 e. The molecule has 2 saturated carbocycles. The van der Waals surface area contributed by atoms with Gasteiger partial charge in [-0.15, -0.1) is 0 Å². The first kappa shape index (κ1) is 12.6. The fraction of sp³-hybridized carbons (Fsp3) is 1.00. The molecule has 1 N–H and O–H groups in total. The van der Waals surface area contributed by atoms with Crippen LogP contribution in [0.5, 0.6) is 0 Å². The van der Waals surface area contributed by atoms with Crippen molar-refractivity contribution in [3.63, 3.8) is 0 Å². The van der Waals surface area contributed by atoms with E-state index in [0.717, 1.165) is 17.1 Å². The van der Waals surface area contributed by atoms with Gasteiger partial charge in [-0.3, -0.25) is 0 Å². The molecule has 0 radical (unpaired) electrons. The molecule has 0 saturated heterocycles. The lowest BCUT2D eigenvalue weighted by Gasteiger charge is -2.35. The van der Waals surface area contributed by atoms with Crippen LogP contribution >= 0.6 is 0 Å². The Morgan fingerprint density at radius 2 is 1.25 bits per heavy atom. The van der Waals surface area contributed by atoms with E-state index in [1.807, 2.05) is 0 Å². The first-order valence-electron chi connectivity index (χ1n) is 7.53. The molecular formula is C14H29NSi. The van der Waals surface area contributed by atoms with Crippen LogP contribution in [0.3, 0.4) is 0 Å². The van der Waals surface area contributed by atoms with Crippen LogP contribution in [0.2, 0.25) is 11.1 Å². The van der Waals surface area contributed by atoms with Gasteiger partial charge in [-0.05, 0) is 17.1 Å². The van der Waals surface area contributed by atoms with E-state index < -0.39 is 8.96 Å². The number of rotatable bonds is 4. The highest BCUT2D eigenvalue weighted by atomic mass is 28.3. The predicted molar refractivity (Wildman–Crippen MR) is 74.5 cm³/mol. The Bertz CT molecular complexity index is 193. The maximum absolute atomic E-state index is 4.03. The Hall–Kier alpha value is 0.177. The summed E-state index contributed by atoms with van der Waals surface area (Å²) in [6.07, 6.45) is 13.8. The topological polar surface area (TPSA) is 12.0 Å². The quantitative estimate of drug-likeness (QED) is 0.732. The van der Waals surface area contributed by atoms with Gasteiger partial charge < -0.3 is 4.98 Å². The average molecular weight is 239 g/mol. The molecule has 0 aromatic rings. The summed E-state index contributed by atoms with van der Waals surface area (Å²) in [5.74, 6) is 0. The van der Waals surface area contributed by atoms with E-state index in [0.29, 0.717) is 0 Å². The second kappa shape index (κ2) is 6.20. The number of nitrogens with one attached hydrogen (secondary N) is 1. The van der Waals surface area contributed by atoms with Crippen molar-refractivity contribution in [1.82, 2.24) is 4.98 Å². The molecule has 2 heteroatoms. The summed E-state index contributed by atoms with van der Waals surface area (Å²) in [5, 5.41) is 0. The summed E-state index contributed by atoms with van der Waals surface area (Å²) in [7, 11) is -0.675. The van der Waals surface area contributed by atoms with Crippen LogP contribution in [-0.2, 0) is 0 Å². The van der Waals surface area contributed by atoms with Gasteiger partial charge in [0, 0.05) is 0 Å². The fourth-order valence-electron chi connectivity index (χ4n) is 3.85. The van der Waals surface area contributed by atoms with Crippen molar-refractivity contribution >= 4 is 8.96 Å². The van der Waals surface area contributed by atoms with Crippen LogP contribution in [-0.4, -0.2) is 15.0 Å². The monoisotopic (exact) mass is 239 g/mol. The Labute approximate surface area is 103 Å². The zero-order valence-corrected chi connectivity index (χ0v) is 12.3. The van der Waals surface area contributed by atoms with Crippen LogP contribution in [0.1, 0.15) is 71.6 Å². The average Bonchev–Trinajstić information content (AvgIpc) is 2.80. The summed E-state index contributed by atoms with van der Waals surface area (Å²) in [6, 6.07) is 0.721. The van der Waals surface area contributed by atoms with Crippen molar-refractivity contribution in [2.75, 3.05) is 0 Å². The zero-order chi connectivity index (χ0) is 11.4. The van der Waals surface area contributed by atoms with Crippen molar-refractivity contribution in [3.8, 4) is 0 Å². The van der Waals surface area contributed by atoms with Gasteiger partial charge in [-0.25, -0.2) is 0 Å². The highest BCUT2D eigenvalue weighted by Crippen LogP contribution is 2.41. The molecule has 2 rings (SSSR count). The summed E-state index contributed by atoms with van der Waals surface area (Å²) >= 11 is 0. The molecule has 0 spiro atoms. The van der Waals surface area contributed by atoms with E-state index in [1.54, 1.807) is 25.7 Å². The molecule has 2 aliphatic carbocycles. The second-order valence-electron chi connectivity index (χ2n) is 6.29. The summed E-state index contributed by atoms with van der Waals surface area (Å²) in [4.78, 5) is 4.03. The molecule has 2 fully saturated rings. The molecule has 16 heavy (non-hydrogen) atoms. The van der Waals surface area contributed by atoms with Gasteiger partial charge in [-0.2, -0.15) is 0 Å². The maximum Gasteiger partial charge on any atom is 0.115 e. The number of hydrogen-bond acceptors (Lipinski definition) is 1. The van der Waals surface area contributed by atoms with Crippen molar-refractivity contribution in [3.05, 3.63) is 0 Å². The van der Waals surface area contributed by atoms with E-state index >= 15 is 0 Å². The highest BCUT2D eigenvalue weighted by Gasteiger charge is 2.33. The summed E-state index contributed by atoms with van der Waals surface area (Å²) < 4.78 is 0. The third-order valence-electron chi connectivity index (χ3n) is 4.59. The molecule has 0 bridgehead atoms. The second-order valence-corrected chi connectivity index (χ2v) is 9.56. The van der Waals surface area contributed by atoms with E-state index in [-0.39, 0.29) is 0 Å². The van der Waals surface area contributed by atoms with Crippen LogP contribution in [0.25, 0.3) is 0 Å². The molecule has 0 aromatic carbocycles. The molecular weight excluding hydrogens is 210 g/mol. The Morgan fingerprint density at radius 3 is 1.69 bits per heavy atom. The van der Waals surface area contributed by atoms with Crippen molar-refractivity contribution in [2.24, 2.45) is 0 Å². The van der Waals surface area contributed by atoms with Crippen molar-refractivity contribution in [1.29, 1.82) is 0 Å². The van der Waals surface area contributed by atoms with Crippen LogP contribution in [0, 0.1) is 0 Å². The van der Waals surface area contributed by atoms with Crippen LogP contribution < -0.4 is 4.98 Å². The maximum atomic E-state index is 4.03. The Balaban J connectivity index is 1.94. The van der Waals surface area contributed by atoms with Crippen LogP contribution in [0.4, 0.5) is 0 Å². The molecule has 0 aromatic heterocycles. The molecule has 1 nitrogen and oxygen atoms in total. The van der Waals surface area contributed by atoms with Gasteiger partial charge in [0.15, 0.2) is 0 Å². The normalized spacial score (nSPS) is 26.4. The lowest BCUT2D eigenvalue weighted by molar-refractivity contribution is 0.482. The lowest BCUT2D eigenvalue weighted by atomic mass is 10.0. The molecule has 1 atom stereocenters. The van der Waals surface area contributed by atoms with Gasteiger partial charge in [0.05, 0.1) is 0 Å². The molecule has 2 aliphatic rings. The van der Waals surface area contributed by atoms with E-state index in [4.69, 9.17) is 0 Å². The molecule has 0 aliphatic heterocycles. The standard InChI is InChI=1S/C14H29NSi/c1-12(2)15-16(14-10-6-7-11-14)13-8-4-3-5-9-13/h12-16H,3-11H2,1-2H3. The summed E-state index contributed by atoms with van der Waals surface area (Å²) in [5.41, 5.74) is 2.25. The van der Waals surface area contributed by atoms with Gasteiger partial charge in [0.2, 0.25) is 0 Å². The Kier molecular flexibility index (Phi) is 4.90. The fourth-order valence-corrected chi connectivity index (χ4v) is 8.31. The lowest BCUT2D eigenvalue weighted by Crippen LogP contribution is -2.45. The minimum atomic E-state index is -0.675. The predicted octanol–water partition coefficient (Wildman–Crippen LogP) is 3.99. The molecule has 0 amide bonds. The first-order valence-corrected chi connectivity index (χ1v) is 9.44. The van der Waals surface area contributed by atoms with Gasteiger partial charge in [0.25, 0.3) is 0 Å². The Morgan fingerprint density at radius 1 is 0.812 bits per heavy atom.